The third-order valence-corrected chi connectivity index (χ3v) is 3.91. The number of carboxylic acids is 1. The van der Waals surface area contributed by atoms with Crippen molar-refractivity contribution in [1.82, 2.24) is 19.7 Å². The number of anilines is 3. The smallest absolute Gasteiger partial charge is 0.335 e. The minimum Gasteiger partial charge on any atom is -0.478 e. The first-order chi connectivity index (χ1) is 12.1. The summed E-state index contributed by atoms with van der Waals surface area (Å²) in [5.74, 6) is 0.444. The first-order valence-electron chi connectivity index (χ1n) is 7.60. The maximum absolute atomic E-state index is 11.1. The predicted octanol–water partition coefficient (Wildman–Crippen LogP) is 1.33. The Morgan fingerprint density at radius 3 is 2.96 bits per heavy atom. The van der Waals surface area contributed by atoms with Gasteiger partial charge in [-0.1, -0.05) is 12.1 Å². The molecule has 9 nitrogen and oxygen atoms in total. The summed E-state index contributed by atoms with van der Waals surface area (Å²) in [6.07, 6.45) is 3.38. The van der Waals surface area contributed by atoms with Gasteiger partial charge in [0.2, 0.25) is 0 Å². The largest absolute Gasteiger partial charge is 0.478 e. The van der Waals surface area contributed by atoms with Crippen LogP contribution in [0.1, 0.15) is 15.9 Å². The minimum atomic E-state index is -0.950. The molecule has 2 aromatic heterocycles. The zero-order valence-corrected chi connectivity index (χ0v) is 13.1. The summed E-state index contributed by atoms with van der Waals surface area (Å²) in [6, 6.07) is 8.60. The first kappa shape index (κ1) is 14.9. The molecule has 0 bridgehead atoms. The average molecular weight is 337 g/mol. The molecular formula is C16H15N7O2. The van der Waals surface area contributed by atoms with Gasteiger partial charge < -0.3 is 21.1 Å². The van der Waals surface area contributed by atoms with Crippen molar-refractivity contribution in [3.8, 4) is 5.95 Å². The summed E-state index contributed by atoms with van der Waals surface area (Å²) in [4.78, 5) is 21.9. The van der Waals surface area contributed by atoms with Crippen LogP contribution >= 0.6 is 0 Å². The van der Waals surface area contributed by atoms with Crippen molar-refractivity contribution in [2.75, 3.05) is 22.6 Å². The Kier molecular flexibility index (Phi) is 3.46. The average Bonchev–Trinajstić information content (AvgIpc) is 3.26. The standard InChI is InChI=1S/C16H15N7O2/c17-13-12-14(21-16(20-13)23-6-2-5-19-23)22(9-18-12)8-10-3-1-4-11(7-10)15(24)25/h1-7,18H,8-9H2,(H,24,25)(H2,17,20,21). The molecule has 0 unspecified atom stereocenters. The molecule has 0 amide bonds. The number of benzene rings is 1. The third-order valence-electron chi connectivity index (χ3n) is 3.91. The van der Waals surface area contributed by atoms with Gasteiger partial charge in [0.05, 0.1) is 12.2 Å². The Morgan fingerprint density at radius 2 is 2.20 bits per heavy atom. The van der Waals surface area contributed by atoms with Gasteiger partial charge in [-0.05, 0) is 23.8 Å². The molecule has 126 valence electrons. The molecule has 3 heterocycles. The topological polar surface area (TPSA) is 122 Å². The molecule has 3 aromatic rings. The van der Waals surface area contributed by atoms with Gasteiger partial charge in [0.1, 0.15) is 5.69 Å². The van der Waals surface area contributed by atoms with Gasteiger partial charge in [0.15, 0.2) is 11.6 Å². The summed E-state index contributed by atoms with van der Waals surface area (Å²) < 4.78 is 1.54. The number of hydrogen-bond donors (Lipinski definition) is 3. The molecule has 0 aliphatic carbocycles. The van der Waals surface area contributed by atoms with E-state index in [1.807, 2.05) is 11.0 Å². The Hall–Kier alpha value is -3.62. The summed E-state index contributed by atoms with van der Waals surface area (Å²) in [5, 5.41) is 16.4. The summed E-state index contributed by atoms with van der Waals surface area (Å²) >= 11 is 0. The lowest BCUT2D eigenvalue weighted by Gasteiger charge is -2.17. The number of hydrogen-bond acceptors (Lipinski definition) is 7. The fourth-order valence-corrected chi connectivity index (χ4v) is 2.75. The quantitative estimate of drug-likeness (QED) is 0.652. The molecule has 0 fully saturated rings. The molecule has 0 atom stereocenters. The van der Waals surface area contributed by atoms with Crippen LogP contribution in [0, 0.1) is 0 Å². The molecular weight excluding hydrogens is 322 g/mol. The molecule has 0 saturated carbocycles. The monoisotopic (exact) mass is 337 g/mol. The number of aromatic nitrogens is 4. The molecule has 1 aliphatic heterocycles. The second-order valence-electron chi connectivity index (χ2n) is 5.60. The number of rotatable bonds is 4. The van der Waals surface area contributed by atoms with Gasteiger partial charge in [-0.3, -0.25) is 0 Å². The van der Waals surface area contributed by atoms with E-state index < -0.39 is 5.97 Å². The Balaban J connectivity index is 1.67. The Morgan fingerprint density at radius 1 is 1.32 bits per heavy atom. The maximum Gasteiger partial charge on any atom is 0.335 e. The maximum atomic E-state index is 11.1. The van der Waals surface area contributed by atoms with Crippen LogP contribution < -0.4 is 16.0 Å². The second kappa shape index (κ2) is 5.78. The molecule has 0 radical (unpaired) electrons. The molecule has 1 aromatic carbocycles. The number of nitrogen functional groups attached to an aromatic ring is 1. The van der Waals surface area contributed by atoms with Gasteiger partial charge in [-0.2, -0.15) is 15.1 Å². The minimum absolute atomic E-state index is 0.254. The van der Waals surface area contributed by atoms with E-state index in [1.54, 1.807) is 36.7 Å². The van der Waals surface area contributed by atoms with Crippen LogP contribution in [0.25, 0.3) is 5.95 Å². The van der Waals surface area contributed by atoms with E-state index in [4.69, 9.17) is 10.8 Å². The van der Waals surface area contributed by atoms with Gasteiger partial charge in [0, 0.05) is 18.9 Å². The molecule has 9 heteroatoms. The van der Waals surface area contributed by atoms with Crippen LogP contribution in [0.4, 0.5) is 17.3 Å². The predicted molar refractivity (Wildman–Crippen MR) is 91.6 cm³/mol. The summed E-state index contributed by atoms with van der Waals surface area (Å²) in [6.45, 7) is 1.00. The van der Waals surface area contributed by atoms with Crippen molar-refractivity contribution >= 4 is 23.3 Å². The van der Waals surface area contributed by atoms with Crippen molar-refractivity contribution in [2.24, 2.45) is 0 Å². The fraction of sp³-hybridized carbons (Fsp3) is 0.125. The van der Waals surface area contributed by atoms with Crippen molar-refractivity contribution in [3.05, 3.63) is 53.9 Å². The Bertz CT molecular complexity index is 940. The normalized spacial score (nSPS) is 12.7. The lowest BCUT2D eigenvalue weighted by molar-refractivity contribution is 0.0696. The van der Waals surface area contributed by atoms with Crippen LogP contribution in [0.3, 0.4) is 0 Å². The highest BCUT2D eigenvalue weighted by molar-refractivity contribution is 5.87. The van der Waals surface area contributed by atoms with Crippen molar-refractivity contribution in [3.63, 3.8) is 0 Å². The van der Waals surface area contributed by atoms with Gasteiger partial charge in [-0.25, -0.2) is 9.48 Å². The molecule has 4 N–H and O–H groups in total. The van der Waals surface area contributed by atoms with Crippen molar-refractivity contribution < 1.29 is 9.90 Å². The number of nitrogens with zero attached hydrogens (tertiary/aromatic N) is 5. The van der Waals surface area contributed by atoms with Crippen molar-refractivity contribution in [2.45, 2.75) is 6.54 Å². The van der Waals surface area contributed by atoms with Crippen LogP contribution in [0.2, 0.25) is 0 Å². The number of carbonyl (C=O) groups is 1. The first-order valence-corrected chi connectivity index (χ1v) is 7.60. The second-order valence-corrected chi connectivity index (χ2v) is 5.60. The highest BCUT2D eigenvalue weighted by Gasteiger charge is 2.25. The van der Waals surface area contributed by atoms with Crippen LogP contribution in [-0.2, 0) is 6.54 Å². The third kappa shape index (κ3) is 2.71. The molecule has 1 aliphatic rings. The molecule has 0 spiro atoms. The molecule has 25 heavy (non-hydrogen) atoms. The van der Waals surface area contributed by atoms with Gasteiger partial charge in [-0.15, -0.1) is 0 Å². The van der Waals surface area contributed by atoms with Crippen molar-refractivity contribution in [1.29, 1.82) is 0 Å². The number of nitrogens with two attached hydrogens (primary N) is 1. The fourth-order valence-electron chi connectivity index (χ4n) is 2.75. The van der Waals surface area contributed by atoms with Crippen LogP contribution in [0.15, 0.2) is 42.7 Å². The van der Waals surface area contributed by atoms with Gasteiger partial charge in [0.25, 0.3) is 5.95 Å². The summed E-state index contributed by atoms with van der Waals surface area (Å²) in [7, 11) is 0. The number of fused-ring (bicyclic) bond motifs is 1. The van der Waals surface area contributed by atoms with E-state index in [9.17, 15) is 4.79 Å². The SMILES string of the molecule is Nc1nc(-n2cccn2)nc2c1NCN2Cc1cccc(C(=O)O)c1. The van der Waals surface area contributed by atoms with E-state index in [0.717, 1.165) is 5.56 Å². The van der Waals surface area contributed by atoms with Crippen LogP contribution in [-0.4, -0.2) is 37.5 Å². The molecule has 4 rings (SSSR count). The molecule has 0 saturated heterocycles. The zero-order chi connectivity index (χ0) is 17.4. The number of nitrogens with one attached hydrogen (secondary N) is 1. The van der Waals surface area contributed by atoms with E-state index in [-0.39, 0.29) is 5.56 Å². The van der Waals surface area contributed by atoms with E-state index in [0.29, 0.717) is 36.5 Å². The Labute approximate surface area is 142 Å². The lowest BCUT2D eigenvalue weighted by atomic mass is 10.1. The highest BCUT2D eigenvalue weighted by Crippen LogP contribution is 2.34. The van der Waals surface area contributed by atoms with E-state index >= 15 is 0 Å². The highest BCUT2D eigenvalue weighted by atomic mass is 16.4. The zero-order valence-electron chi connectivity index (χ0n) is 13.1. The van der Waals surface area contributed by atoms with Crippen LogP contribution in [0.5, 0.6) is 0 Å². The summed E-state index contributed by atoms with van der Waals surface area (Å²) in [5.41, 5.74) is 7.83. The lowest BCUT2D eigenvalue weighted by Crippen LogP contribution is -2.23. The number of carboxylic acid groups (broad SMARTS) is 1. The van der Waals surface area contributed by atoms with E-state index in [2.05, 4.69) is 20.4 Å². The number of aromatic carboxylic acids is 1. The van der Waals surface area contributed by atoms with Gasteiger partial charge >= 0.3 is 5.97 Å². The van der Waals surface area contributed by atoms with E-state index in [1.165, 1.54) is 4.68 Å².